The molecule has 0 amide bonds. The van der Waals surface area contributed by atoms with Gasteiger partial charge in [-0.1, -0.05) is 35.4 Å². The highest BCUT2D eigenvalue weighted by molar-refractivity contribution is 6.31. The Hall–Kier alpha value is -1.60. The summed E-state index contributed by atoms with van der Waals surface area (Å²) >= 11 is 5.99. The van der Waals surface area contributed by atoms with E-state index in [0.717, 1.165) is 23.0 Å². The fourth-order valence-electron chi connectivity index (χ4n) is 1.98. The third kappa shape index (κ3) is 2.40. The summed E-state index contributed by atoms with van der Waals surface area (Å²) in [5, 5.41) is 0.644. The first kappa shape index (κ1) is 11.9. The monoisotopic (exact) mass is 244 g/mol. The van der Waals surface area contributed by atoms with Gasteiger partial charge in [0.2, 0.25) is 0 Å². The van der Waals surface area contributed by atoms with E-state index >= 15 is 0 Å². The second-order valence-corrected chi connectivity index (χ2v) is 4.60. The van der Waals surface area contributed by atoms with Crippen molar-refractivity contribution in [2.75, 3.05) is 0 Å². The number of carbonyl (C=O) groups excluding carboxylic acids is 1. The Morgan fingerprint density at radius 2 is 1.76 bits per heavy atom. The van der Waals surface area contributed by atoms with E-state index in [1.54, 1.807) is 12.1 Å². The molecule has 1 nitrogen and oxygen atoms in total. The molecule has 0 N–H and O–H groups in total. The molecule has 0 unspecified atom stereocenters. The quantitative estimate of drug-likeness (QED) is 0.714. The Morgan fingerprint density at radius 1 is 1.00 bits per heavy atom. The van der Waals surface area contributed by atoms with E-state index in [4.69, 9.17) is 11.6 Å². The number of benzene rings is 2. The van der Waals surface area contributed by atoms with Crippen molar-refractivity contribution < 1.29 is 4.79 Å². The van der Waals surface area contributed by atoms with Crippen LogP contribution in [0.2, 0.25) is 5.02 Å². The second kappa shape index (κ2) is 4.72. The molecule has 0 fully saturated rings. The van der Waals surface area contributed by atoms with Crippen molar-refractivity contribution in [3.8, 4) is 11.1 Å². The number of halogens is 1. The number of carbonyl (C=O) groups is 1. The van der Waals surface area contributed by atoms with Gasteiger partial charge in [-0.05, 0) is 48.7 Å². The molecule has 2 aromatic rings. The molecule has 0 aliphatic rings. The first-order valence-electron chi connectivity index (χ1n) is 5.44. The van der Waals surface area contributed by atoms with Gasteiger partial charge in [-0.2, -0.15) is 0 Å². The zero-order valence-corrected chi connectivity index (χ0v) is 10.6. The summed E-state index contributed by atoms with van der Waals surface area (Å²) in [5.74, 6) is 0. The third-order valence-corrected chi connectivity index (χ3v) is 3.05. The van der Waals surface area contributed by atoms with Crippen LogP contribution in [0.4, 0.5) is 0 Å². The molecule has 0 saturated carbocycles. The van der Waals surface area contributed by atoms with Crippen LogP contribution in [0.15, 0.2) is 36.4 Å². The smallest absolute Gasteiger partial charge is 0.150 e. The highest BCUT2D eigenvalue weighted by Crippen LogP contribution is 2.29. The Bertz CT molecular complexity index is 573. The van der Waals surface area contributed by atoms with E-state index in [-0.39, 0.29) is 0 Å². The van der Waals surface area contributed by atoms with Crippen LogP contribution in [-0.4, -0.2) is 6.29 Å². The van der Waals surface area contributed by atoms with Gasteiger partial charge in [0.25, 0.3) is 0 Å². The van der Waals surface area contributed by atoms with Gasteiger partial charge in [-0.3, -0.25) is 4.79 Å². The number of hydrogen-bond donors (Lipinski definition) is 0. The van der Waals surface area contributed by atoms with E-state index in [2.05, 4.69) is 13.0 Å². The Labute approximate surface area is 106 Å². The molecular formula is C15H13ClO. The van der Waals surface area contributed by atoms with Crippen molar-refractivity contribution in [3.05, 3.63) is 58.1 Å². The van der Waals surface area contributed by atoms with Gasteiger partial charge in [0.05, 0.1) is 0 Å². The predicted molar refractivity (Wildman–Crippen MR) is 71.7 cm³/mol. The molecule has 0 atom stereocenters. The fourth-order valence-corrected chi connectivity index (χ4v) is 2.15. The summed E-state index contributed by atoms with van der Waals surface area (Å²) < 4.78 is 0. The lowest BCUT2D eigenvalue weighted by Gasteiger charge is -2.10. The average molecular weight is 245 g/mol. The largest absolute Gasteiger partial charge is 0.298 e. The predicted octanol–water partition coefficient (Wildman–Crippen LogP) is 4.44. The van der Waals surface area contributed by atoms with Crippen LogP contribution in [0.25, 0.3) is 11.1 Å². The zero-order chi connectivity index (χ0) is 12.4. The minimum atomic E-state index is 0.644. The van der Waals surface area contributed by atoms with Crippen LogP contribution in [-0.2, 0) is 0 Å². The Kier molecular flexibility index (Phi) is 3.30. The van der Waals surface area contributed by atoms with E-state index in [9.17, 15) is 4.79 Å². The molecule has 0 aromatic heterocycles. The van der Waals surface area contributed by atoms with Crippen molar-refractivity contribution >= 4 is 17.9 Å². The van der Waals surface area contributed by atoms with E-state index < -0.39 is 0 Å². The van der Waals surface area contributed by atoms with Crippen LogP contribution in [0.5, 0.6) is 0 Å². The van der Waals surface area contributed by atoms with Gasteiger partial charge in [-0.15, -0.1) is 0 Å². The molecule has 0 bridgehead atoms. The van der Waals surface area contributed by atoms with Gasteiger partial charge in [0.1, 0.15) is 0 Å². The lowest BCUT2D eigenvalue weighted by molar-refractivity contribution is 0.112. The summed E-state index contributed by atoms with van der Waals surface area (Å²) in [6.07, 6.45) is 0.866. The van der Waals surface area contributed by atoms with Gasteiger partial charge in [0.15, 0.2) is 6.29 Å². The van der Waals surface area contributed by atoms with Gasteiger partial charge in [0, 0.05) is 10.6 Å². The second-order valence-electron chi connectivity index (χ2n) is 4.17. The lowest BCUT2D eigenvalue weighted by atomic mass is 9.95. The van der Waals surface area contributed by atoms with Crippen molar-refractivity contribution in [1.82, 2.24) is 0 Å². The Balaban J connectivity index is 2.66. The number of hydrogen-bond acceptors (Lipinski definition) is 1. The molecule has 86 valence electrons. The topological polar surface area (TPSA) is 17.1 Å². The summed E-state index contributed by atoms with van der Waals surface area (Å²) in [4.78, 5) is 11.0. The fraction of sp³-hybridized carbons (Fsp3) is 0.133. The normalized spacial score (nSPS) is 10.3. The summed E-state index contributed by atoms with van der Waals surface area (Å²) in [5.41, 5.74) is 4.97. The highest BCUT2D eigenvalue weighted by Gasteiger charge is 2.08. The summed E-state index contributed by atoms with van der Waals surface area (Å²) in [6.45, 7) is 4.09. The summed E-state index contributed by atoms with van der Waals surface area (Å²) in [7, 11) is 0. The molecule has 0 spiro atoms. The minimum Gasteiger partial charge on any atom is -0.298 e. The van der Waals surface area contributed by atoms with Crippen LogP contribution < -0.4 is 0 Å². The molecule has 2 heteroatoms. The van der Waals surface area contributed by atoms with Crippen LogP contribution >= 0.6 is 11.6 Å². The molecule has 0 radical (unpaired) electrons. The van der Waals surface area contributed by atoms with Crippen molar-refractivity contribution in [2.45, 2.75) is 13.8 Å². The lowest BCUT2D eigenvalue weighted by Crippen LogP contribution is -1.90. The Morgan fingerprint density at radius 3 is 2.41 bits per heavy atom. The first-order valence-corrected chi connectivity index (χ1v) is 5.82. The molecule has 0 heterocycles. The first-order chi connectivity index (χ1) is 8.11. The van der Waals surface area contributed by atoms with Crippen LogP contribution in [0.1, 0.15) is 21.5 Å². The molecular weight excluding hydrogens is 232 g/mol. The average Bonchev–Trinajstić information content (AvgIpc) is 2.29. The van der Waals surface area contributed by atoms with Crippen molar-refractivity contribution in [3.63, 3.8) is 0 Å². The van der Waals surface area contributed by atoms with E-state index in [1.807, 2.05) is 25.1 Å². The number of aldehydes is 1. The van der Waals surface area contributed by atoms with E-state index in [1.165, 1.54) is 5.56 Å². The maximum absolute atomic E-state index is 11.0. The molecule has 2 rings (SSSR count). The third-order valence-electron chi connectivity index (χ3n) is 2.81. The minimum absolute atomic E-state index is 0.644. The molecule has 2 aromatic carbocycles. The molecule has 0 saturated heterocycles. The van der Waals surface area contributed by atoms with E-state index in [0.29, 0.717) is 10.6 Å². The maximum Gasteiger partial charge on any atom is 0.150 e. The van der Waals surface area contributed by atoms with Crippen molar-refractivity contribution in [1.29, 1.82) is 0 Å². The number of rotatable bonds is 2. The molecule has 0 aliphatic heterocycles. The molecule has 17 heavy (non-hydrogen) atoms. The molecule has 0 aliphatic carbocycles. The standard InChI is InChI=1S/C15H13ClO/c1-10-3-6-14(11(2)7-10)15-8-13(16)5-4-12(15)9-17/h3-9H,1-2H3. The summed E-state index contributed by atoms with van der Waals surface area (Å²) in [6, 6.07) is 11.5. The van der Waals surface area contributed by atoms with Crippen LogP contribution in [0, 0.1) is 13.8 Å². The number of aryl methyl sites for hydroxylation is 2. The van der Waals surface area contributed by atoms with Gasteiger partial charge in [-0.25, -0.2) is 0 Å². The zero-order valence-electron chi connectivity index (χ0n) is 9.83. The van der Waals surface area contributed by atoms with Gasteiger partial charge >= 0.3 is 0 Å². The van der Waals surface area contributed by atoms with Crippen molar-refractivity contribution in [2.24, 2.45) is 0 Å². The SMILES string of the molecule is Cc1ccc(-c2cc(Cl)ccc2C=O)c(C)c1. The maximum atomic E-state index is 11.0. The highest BCUT2D eigenvalue weighted by atomic mass is 35.5. The van der Waals surface area contributed by atoms with Gasteiger partial charge < -0.3 is 0 Å². The van der Waals surface area contributed by atoms with Crippen LogP contribution in [0.3, 0.4) is 0 Å².